The first kappa shape index (κ1) is 24.3. The number of para-hydroxylation sites is 1. The van der Waals surface area contributed by atoms with Crippen LogP contribution in [0.1, 0.15) is 5.56 Å². The molecule has 3 aromatic carbocycles. The van der Waals surface area contributed by atoms with Crippen molar-refractivity contribution < 1.29 is 14.3 Å². The topological polar surface area (TPSA) is 91.2 Å². The van der Waals surface area contributed by atoms with E-state index < -0.39 is 11.8 Å². The van der Waals surface area contributed by atoms with Crippen LogP contribution in [-0.2, 0) is 9.59 Å². The van der Waals surface area contributed by atoms with Gasteiger partial charge in [-0.1, -0.05) is 51.3 Å². The van der Waals surface area contributed by atoms with Crippen LogP contribution in [0.5, 0.6) is 5.75 Å². The third kappa shape index (κ3) is 7.09. The number of hydrogen-bond acceptors (Lipinski definition) is 4. The lowest BCUT2D eigenvalue weighted by Crippen LogP contribution is -2.20. The van der Waals surface area contributed by atoms with Crippen molar-refractivity contribution in [2.24, 2.45) is 0 Å². The molecule has 33 heavy (non-hydrogen) atoms. The standard InChI is InChI=1S/C24H16BrCl2N3O3/c25-17-5-10-22(33-14-23(31)30-21-4-2-1-3-20(21)27)15(12-17)11-16(13-28)24(32)29-19-8-6-18(26)7-9-19/h1-12H,14H2,(H,29,32)(H,30,31)/b16-11-. The molecule has 0 atom stereocenters. The lowest BCUT2D eigenvalue weighted by atomic mass is 10.1. The van der Waals surface area contributed by atoms with E-state index in [1.165, 1.54) is 6.08 Å². The first-order valence-electron chi connectivity index (χ1n) is 9.51. The summed E-state index contributed by atoms with van der Waals surface area (Å²) in [7, 11) is 0. The van der Waals surface area contributed by atoms with Crippen molar-refractivity contribution in [1.82, 2.24) is 0 Å². The summed E-state index contributed by atoms with van der Waals surface area (Å²) >= 11 is 15.3. The van der Waals surface area contributed by atoms with Gasteiger partial charge in [-0.05, 0) is 60.7 Å². The third-order valence-corrected chi connectivity index (χ3v) is 5.32. The Kier molecular flexibility index (Phi) is 8.50. The molecule has 0 fully saturated rings. The summed E-state index contributed by atoms with van der Waals surface area (Å²) < 4.78 is 6.35. The van der Waals surface area contributed by atoms with Gasteiger partial charge in [0.15, 0.2) is 6.61 Å². The summed E-state index contributed by atoms with van der Waals surface area (Å²) in [6, 6.07) is 20.3. The zero-order valence-electron chi connectivity index (χ0n) is 16.9. The molecular weight excluding hydrogens is 529 g/mol. The second-order valence-corrected chi connectivity index (χ2v) is 8.39. The minimum atomic E-state index is -0.595. The van der Waals surface area contributed by atoms with Gasteiger partial charge in [0, 0.05) is 20.7 Å². The van der Waals surface area contributed by atoms with Crippen LogP contribution < -0.4 is 15.4 Å². The van der Waals surface area contributed by atoms with E-state index in [2.05, 4.69) is 26.6 Å². The van der Waals surface area contributed by atoms with Crippen molar-refractivity contribution in [2.75, 3.05) is 17.2 Å². The van der Waals surface area contributed by atoms with Crippen LogP contribution in [0, 0.1) is 11.3 Å². The van der Waals surface area contributed by atoms with Crippen molar-refractivity contribution in [3.63, 3.8) is 0 Å². The summed E-state index contributed by atoms with van der Waals surface area (Å²) in [5.74, 6) is -0.691. The Morgan fingerprint density at radius 3 is 2.45 bits per heavy atom. The van der Waals surface area contributed by atoms with Crippen molar-refractivity contribution in [1.29, 1.82) is 5.26 Å². The van der Waals surface area contributed by atoms with Crippen molar-refractivity contribution in [2.45, 2.75) is 0 Å². The van der Waals surface area contributed by atoms with Crippen LogP contribution >= 0.6 is 39.1 Å². The second kappa shape index (κ2) is 11.5. The molecule has 0 radical (unpaired) electrons. The Hall–Kier alpha value is -3.31. The number of nitrogens with one attached hydrogen (secondary N) is 2. The molecule has 3 rings (SSSR count). The quantitative estimate of drug-likeness (QED) is 0.269. The number of benzene rings is 3. The largest absolute Gasteiger partial charge is 0.483 e. The molecule has 0 spiro atoms. The first-order chi connectivity index (χ1) is 15.9. The maximum atomic E-state index is 12.6. The van der Waals surface area contributed by atoms with Crippen LogP contribution in [0.15, 0.2) is 76.8 Å². The van der Waals surface area contributed by atoms with E-state index in [1.807, 2.05) is 6.07 Å². The van der Waals surface area contributed by atoms with Crippen molar-refractivity contribution in [3.8, 4) is 11.8 Å². The van der Waals surface area contributed by atoms with Crippen LogP contribution in [0.25, 0.3) is 6.08 Å². The average molecular weight is 545 g/mol. The fourth-order valence-corrected chi connectivity index (χ4v) is 3.38. The summed E-state index contributed by atoms with van der Waals surface area (Å²) in [5.41, 5.74) is 1.26. The summed E-state index contributed by atoms with van der Waals surface area (Å²) in [5, 5.41) is 15.8. The highest BCUT2D eigenvalue weighted by Crippen LogP contribution is 2.26. The molecule has 0 aliphatic heterocycles. The number of nitriles is 1. The van der Waals surface area contributed by atoms with Crippen LogP contribution in [0.2, 0.25) is 10.0 Å². The van der Waals surface area contributed by atoms with E-state index in [0.29, 0.717) is 37.2 Å². The summed E-state index contributed by atoms with van der Waals surface area (Å²) in [6.07, 6.45) is 1.39. The molecule has 0 heterocycles. The maximum absolute atomic E-state index is 12.6. The first-order valence-corrected chi connectivity index (χ1v) is 11.1. The predicted octanol–water partition coefficient (Wildman–Crippen LogP) is 6.32. The van der Waals surface area contributed by atoms with Gasteiger partial charge in [-0.15, -0.1) is 0 Å². The third-order valence-electron chi connectivity index (χ3n) is 4.25. The lowest BCUT2D eigenvalue weighted by molar-refractivity contribution is -0.118. The molecule has 2 amide bonds. The molecule has 0 aromatic heterocycles. The Balaban J connectivity index is 1.75. The molecule has 166 valence electrons. The average Bonchev–Trinajstić information content (AvgIpc) is 2.79. The highest BCUT2D eigenvalue weighted by Gasteiger charge is 2.13. The van der Waals surface area contributed by atoms with Crippen LogP contribution in [-0.4, -0.2) is 18.4 Å². The van der Waals surface area contributed by atoms with E-state index in [1.54, 1.807) is 66.7 Å². The molecule has 0 saturated carbocycles. The molecule has 2 N–H and O–H groups in total. The highest BCUT2D eigenvalue weighted by molar-refractivity contribution is 9.10. The lowest BCUT2D eigenvalue weighted by Gasteiger charge is -2.11. The second-order valence-electron chi connectivity index (χ2n) is 6.63. The highest BCUT2D eigenvalue weighted by atomic mass is 79.9. The minimum Gasteiger partial charge on any atom is -0.483 e. The molecule has 6 nitrogen and oxygen atoms in total. The maximum Gasteiger partial charge on any atom is 0.266 e. The van der Waals surface area contributed by atoms with Gasteiger partial charge < -0.3 is 15.4 Å². The summed E-state index contributed by atoms with van der Waals surface area (Å²) in [4.78, 5) is 24.9. The SMILES string of the molecule is N#C/C(=C/c1cc(Br)ccc1OCC(=O)Nc1ccccc1Cl)C(=O)Nc1ccc(Cl)cc1. The van der Waals surface area contributed by atoms with Gasteiger partial charge in [0.25, 0.3) is 11.8 Å². The normalized spacial score (nSPS) is 10.8. The predicted molar refractivity (Wildman–Crippen MR) is 133 cm³/mol. The van der Waals surface area contributed by atoms with E-state index in [0.717, 1.165) is 0 Å². The van der Waals surface area contributed by atoms with Gasteiger partial charge >= 0.3 is 0 Å². The zero-order valence-corrected chi connectivity index (χ0v) is 20.0. The summed E-state index contributed by atoms with van der Waals surface area (Å²) in [6.45, 7) is -0.299. The fourth-order valence-electron chi connectivity index (χ4n) is 2.69. The minimum absolute atomic E-state index is 0.145. The number of nitrogens with zero attached hydrogens (tertiary/aromatic N) is 1. The van der Waals surface area contributed by atoms with E-state index >= 15 is 0 Å². The van der Waals surface area contributed by atoms with Crippen LogP contribution in [0.4, 0.5) is 11.4 Å². The van der Waals surface area contributed by atoms with E-state index in [9.17, 15) is 14.9 Å². The Morgan fingerprint density at radius 1 is 1.03 bits per heavy atom. The smallest absolute Gasteiger partial charge is 0.266 e. The van der Waals surface area contributed by atoms with Gasteiger partial charge in [-0.2, -0.15) is 5.26 Å². The van der Waals surface area contributed by atoms with Crippen LogP contribution in [0.3, 0.4) is 0 Å². The molecular formula is C24H16BrCl2N3O3. The molecule has 3 aromatic rings. The number of hydrogen-bond donors (Lipinski definition) is 2. The Bertz CT molecular complexity index is 1250. The van der Waals surface area contributed by atoms with E-state index in [-0.39, 0.29) is 12.2 Å². The number of rotatable bonds is 7. The number of ether oxygens (including phenoxy) is 1. The van der Waals surface area contributed by atoms with E-state index in [4.69, 9.17) is 27.9 Å². The molecule has 0 unspecified atom stereocenters. The Morgan fingerprint density at radius 2 is 1.76 bits per heavy atom. The number of anilines is 2. The molecule has 0 saturated heterocycles. The van der Waals surface area contributed by atoms with Crippen molar-refractivity contribution in [3.05, 3.63) is 92.4 Å². The Labute approximate surface area is 208 Å². The van der Waals surface area contributed by atoms with Gasteiger partial charge in [-0.25, -0.2) is 0 Å². The van der Waals surface area contributed by atoms with Crippen molar-refractivity contribution >= 4 is 68.4 Å². The molecule has 0 aliphatic carbocycles. The fraction of sp³-hybridized carbons (Fsp3) is 0.0417. The number of carbonyl (C=O) groups is 2. The molecule has 0 bridgehead atoms. The zero-order chi connectivity index (χ0) is 23.8. The number of halogens is 3. The van der Waals surface area contributed by atoms with Gasteiger partial charge in [0.2, 0.25) is 0 Å². The molecule has 0 aliphatic rings. The van der Waals surface area contributed by atoms with Gasteiger partial charge in [-0.3, -0.25) is 9.59 Å². The number of amides is 2. The molecule has 9 heteroatoms. The van der Waals surface area contributed by atoms with Gasteiger partial charge in [0.1, 0.15) is 17.4 Å². The number of carbonyl (C=O) groups excluding carboxylic acids is 2. The monoisotopic (exact) mass is 543 g/mol. The van der Waals surface area contributed by atoms with Gasteiger partial charge in [0.05, 0.1) is 10.7 Å².